The number of likely N-dealkylation sites (tertiary alicyclic amines) is 1. The summed E-state index contributed by atoms with van der Waals surface area (Å²) >= 11 is 5.80. The molecule has 1 amide bonds. The molecular weight excluding hydrogens is 252 g/mol. The number of halogens is 1. The molecule has 1 saturated heterocycles. The Morgan fingerprint density at radius 2 is 2.44 bits per heavy atom. The number of carbonyl (C=O) groups is 1. The first-order valence-corrected chi connectivity index (χ1v) is 6.63. The third kappa shape index (κ3) is 3.00. The Labute approximate surface area is 112 Å². The molecule has 0 saturated carbocycles. The van der Waals surface area contributed by atoms with E-state index in [2.05, 4.69) is 4.98 Å². The Hall–Kier alpha value is -1.13. The van der Waals surface area contributed by atoms with Gasteiger partial charge < -0.3 is 10.0 Å². The largest absolute Gasteiger partial charge is 0.396 e. The van der Waals surface area contributed by atoms with E-state index in [0.717, 1.165) is 32.2 Å². The zero-order chi connectivity index (χ0) is 13.0. The Morgan fingerprint density at radius 3 is 3.17 bits per heavy atom. The van der Waals surface area contributed by atoms with E-state index in [4.69, 9.17) is 16.7 Å². The fourth-order valence-corrected chi connectivity index (χ4v) is 2.61. The molecule has 18 heavy (non-hydrogen) atoms. The highest BCUT2D eigenvalue weighted by Crippen LogP contribution is 2.23. The molecule has 1 aliphatic rings. The van der Waals surface area contributed by atoms with Crippen LogP contribution in [0.5, 0.6) is 0 Å². The molecule has 98 valence electrons. The van der Waals surface area contributed by atoms with Gasteiger partial charge in [0.05, 0.1) is 0 Å². The Bertz CT molecular complexity index is 425. The molecule has 5 heteroatoms. The van der Waals surface area contributed by atoms with E-state index in [0.29, 0.717) is 10.7 Å². The van der Waals surface area contributed by atoms with Crippen LogP contribution in [0.15, 0.2) is 18.3 Å². The lowest BCUT2D eigenvalue weighted by Gasteiger charge is -2.24. The van der Waals surface area contributed by atoms with Gasteiger partial charge in [0.15, 0.2) is 0 Å². The quantitative estimate of drug-likeness (QED) is 0.851. The summed E-state index contributed by atoms with van der Waals surface area (Å²) in [5, 5.41) is 9.22. The fraction of sp³-hybridized carbons (Fsp3) is 0.538. The molecule has 0 bridgehead atoms. The van der Waals surface area contributed by atoms with E-state index >= 15 is 0 Å². The number of aliphatic hydroxyl groups is 1. The van der Waals surface area contributed by atoms with Crippen LogP contribution >= 0.6 is 11.6 Å². The summed E-state index contributed by atoms with van der Waals surface area (Å²) in [5.74, 6) is 0.0136. The SMILES string of the molecule is O=C(c1ccnc(Cl)c1)N1CCCC1CCCO. The summed E-state index contributed by atoms with van der Waals surface area (Å²) in [5.41, 5.74) is 0.589. The average molecular weight is 269 g/mol. The third-order valence-corrected chi connectivity index (χ3v) is 3.51. The zero-order valence-electron chi connectivity index (χ0n) is 10.2. The number of aliphatic hydroxyl groups excluding tert-OH is 1. The molecule has 1 aliphatic heterocycles. The summed E-state index contributed by atoms with van der Waals surface area (Å²) in [6.45, 7) is 0.967. The fourth-order valence-electron chi connectivity index (χ4n) is 2.43. The standard InChI is InChI=1S/C13H17ClN2O2/c14-12-9-10(5-6-15-12)13(18)16-7-1-3-11(16)4-2-8-17/h5-6,9,11,17H,1-4,7-8H2. The second-order valence-corrected chi connectivity index (χ2v) is 4.91. The van der Waals surface area contributed by atoms with Crippen molar-refractivity contribution in [2.24, 2.45) is 0 Å². The van der Waals surface area contributed by atoms with Gasteiger partial charge in [0, 0.05) is 31.0 Å². The van der Waals surface area contributed by atoms with Gasteiger partial charge in [0.25, 0.3) is 5.91 Å². The second-order valence-electron chi connectivity index (χ2n) is 4.53. The maximum atomic E-state index is 12.3. The maximum Gasteiger partial charge on any atom is 0.254 e. The summed E-state index contributed by atoms with van der Waals surface area (Å²) in [6.07, 6.45) is 5.20. The normalized spacial score (nSPS) is 19.2. The van der Waals surface area contributed by atoms with Crippen LogP contribution in [-0.2, 0) is 0 Å². The van der Waals surface area contributed by atoms with Gasteiger partial charge in [-0.15, -0.1) is 0 Å². The molecule has 0 radical (unpaired) electrons. The highest BCUT2D eigenvalue weighted by atomic mass is 35.5. The summed E-state index contributed by atoms with van der Waals surface area (Å²) in [7, 11) is 0. The van der Waals surface area contributed by atoms with Crippen molar-refractivity contribution in [2.75, 3.05) is 13.2 Å². The molecule has 0 spiro atoms. The number of aromatic nitrogens is 1. The van der Waals surface area contributed by atoms with Crippen molar-refractivity contribution in [2.45, 2.75) is 31.7 Å². The average Bonchev–Trinajstić information content (AvgIpc) is 2.83. The van der Waals surface area contributed by atoms with Gasteiger partial charge in [0.1, 0.15) is 5.15 Å². The third-order valence-electron chi connectivity index (χ3n) is 3.31. The van der Waals surface area contributed by atoms with E-state index in [1.165, 1.54) is 0 Å². The van der Waals surface area contributed by atoms with Crippen LogP contribution in [0.1, 0.15) is 36.0 Å². The van der Waals surface area contributed by atoms with Crippen LogP contribution in [0.4, 0.5) is 0 Å². The lowest BCUT2D eigenvalue weighted by molar-refractivity contribution is 0.0724. The van der Waals surface area contributed by atoms with Crippen molar-refractivity contribution in [3.63, 3.8) is 0 Å². The predicted molar refractivity (Wildman–Crippen MR) is 69.6 cm³/mol. The van der Waals surface area contributed by atoms with Gasteiger partial charge in [-0.25, -0.2) is 4.98 Å². The predicted octanol–water partition coefficient (Wildman–Crippen LogP) is 2.11. The summed E-state index contributed by atoms with van der Waals surface area (Å²) < 4.78 is 0. The maximum absolute atomic E-state index is 12.3. The Morgan fingerprint density at radius 1 is 1.61 bits per heavy atom. The number of hydrogen-bond donors (Lipinski definition) is 1. The molecule has 2 heterocycles. The van der Waals surface area contributed by atoms with Crippen molar-refractivity contribution in [1.29, 1.82) is 0 Å². The van der Waals surface area contributed by atoms with Crippen molar-refractivity contribution in [3.8, 4) is 0 Å². The molecule has 1 fully saturated rings. The van der Waals surface area contributed by atoms with Crippen LogP contribution in [0.25, 0.3) is 0 Å². The number of pyridine rings is 1. The van der Waals surface area contributed by atoms with Crippen LogP contribution in [0.3, 0.4) is 0 Å². The smallest absolute Gasteiger partial charge is 0.254 e. The van der Waals surface area contributed by atoms with E-state index < -0.39 is 0 Å². The molecule has 1 atom stereocenters. The lowest BCUT2D eigenvalue weighted by Crippen LogP contribution is -2.35. The van der Waals surface area contributed by atoms with Gasteiger partial charge in [-0.2, -0.15) is 0 Å². The second kappa shape index (κ2) is 6.16. The first-order valence-electron chi connectivity index (χ1n) is 6.26. The van der Waals surface area contributed by atoms with Gasteiger partial charge >= 0.3 is 0 Å². The molecule has 0 aromatic carbocycles. The first kappa shape index (κ1) is 13.3. The Balaban J connectivity index is 2.08. The minimum Gasteiger partial charge on any atom is -0.396 e. The van der Waals surface area contributed by atoms with Crippen LogP contribution in [0.2, 0.25) is 5.15 Å². The zero-order valence-corrected chi connectivity index (χ0v) is 10.9. The van der Waals surface area contributed by atoms with Crippen molar-refractivity contribution in [3.05, 3.63) is 29.0 Å². The topological polar surface area (TPSA) is 53.4 Å². The van der Waals surface area contributed by atoms with E-state index in [-0.39, 0.29) is 18.6 Å². The highest BCUT2D eigenvalue weighted by Gasteiger charge is 2.28. The first-order chi connectivity index (χ1) is 8.72. The monoisotopic (exact) mass is 268 g/mol. The van der Waals surface area contributed by atoms with Crippen LogP contribution in [-0.4, -0.2) is 40.1 Å². The molecule has 4 nitrogen and oxygen atoms in total. The lowest BCUT2D eigenvalue weighted by atomic mass is 10.1. The summed E-state index contributed by atoms with van der Waals surface area (Å²) in [6, 6.07) is 3.54. The van der Waals surface area contributed by atoms with Crippen LogP contribution < -0.4 is 0 Å². The number of nitrogens with zero attached hydrogens (tertiary/aromatic N) is 2. The van der Waals surface area contributed by atoms with E-state index in [9.17, 15) is 4.79 Å². The van der Waals surface area contributed by atoms with Gasteiger partial charge in [-0.3, -0.25) is 4.79 Å². The van der Waals surface area contributed by atoms with Gasteiger partial charge in [-0.05, 0) is 37.8 Å². The molecule has 1 unspecified atom stereocenters. The van der Waals surface area contributed by atoms with Crippen molar-refractivity contribution < 1.29 is 9.90 Å². The van der Waals surface area contributed by atoms with E-state index in [1.54, 1.807) is 18.3 Å². The minimum absolute atomic E-state index is 0.0136. The molecule has 1 aromatic heterocycles. The molecular formula is C13H17ClN2O2. The van der Waals surface area contributed by atoms with Gasteiger partial charge in [-0.1, -0.05) is 11.6 Å². The number of carbonyl (C=O) groups excluding carboxylic acids is 1. The number of hydrogen-bond acceptors (Lipinski definition) is 3. The van der Waals surface area contributed by atoms with Gasteiger partial charge in [0.2, 0.25) is 0 Å². The molecule has 0 aliphatic carbocycles. The minimum atomic E-state index is 0.0136. The van der Waals surface area contributed by atoms with Crippen molar-refractivity contribution in [1.82, 2.24) is 9.88 Å². The molecule has 2 rings (SSSR count). The highest BCUT2D eigenvalue weighted by molar-refractivity contribution is 6.29. The van der Waals surface area contributed by atoms with E-state index in [1.807, 2.05) is 4.90 Å². The van der Waals surface area contributed by atoms with Crippen molar-refractivity contribution >= 4 is 17.5 Å². The summed E-state index contributed by atoms with van der Waals surface area (Å²) in [4.78, 5) is 18.1. The number of rotatable bonds is 4. The Kier molecular flexibility index (Phi) is 4.55. The molecule has 1 N–H and O–H groups in total. The number of amides is 1. The molecule has 1 aromatic rings. The van der Waals surface area contributed by atoms with Crippen LogP contribution in [0, 0.1) is 0 Å².